The summed E-state index contributed by atoms with van der Waals surface area (Å²) in [4.78, 5) is 11.6. The third-order valence-corrected chi connectivity index (χ3v) is 3.63. The number of ether oxygens (including phenoxy) is 1. The number of carbonyl (C=O) groups is 1. The molecule has 0 saturated heterocycles. The minimum atomic E-state index is -0.329. The molecule has 23 heavy (non-hydrogen) atoms. The molecule has 0 fully saturated rings. The number of carbonyl (C=O) groups excluding carboxylic acids is 1. The molecule has 0 heterocycles. The molecule has 0 bridgehead atoms. The van der Waals surface area contributed by atoms with Gasteiger partial charge in [-0.2, -0.15) is 5.10 Å². The zero-order valence-electron chi connectivity index (χ0n) is 12.1. The molecule has 2 rings (SSSR count). The first kappa shape index (κ1) is 17.4. The van der Waals surface area contributed by atoms with Crippen LogP contribution in [0.1, 0.15) is 5.56 Å². The summed E-state index contributed by atoms with van der Waals surface area (Å²) >= 11 is 6.71. The van der Waals surface area contributed by atoms with Gasteiger partial charge in [-0.15, -0.1) is 0 Å². The SMILES string of the molecule is O=C(COc1ccc(Br)cc1)NN=CC(Br)=Cc1ccccc1. The summed E-state index contributed by atoms with van der Waals surface area (Å²) in [5.41, 5.74) is 3.44. The Balaban J connectivity index is 1.77. The van der Waals surface area contributed by atoms with Crippen LogP contribution in [0.3, 0.4) is 0 Å². The second kappa shape index (κ2) is 9.27. The number of hydrogen-bond acceptors (Lipinski definition) is 3. The Kier molecular flexibility index (Phi) is 7.03. The summed E-state index contributed by atoms with van der Waals surface area (Å²) in [6.45, 7) is -0.0982. The van der Waals surface area contributed by atoms with Gasteiger partial charge in [0.2, 0.25) is 0 Å². The molecule has 0 aliphatic rings. The van der Waals surface area contributed by atoms with Crippen LogP contribution in [-0.4, -0.2) is 18.7 Å². The van der Waals surface area contributed by atoms with Crippen LogP contribution in [0.15, 0.2) is 68.7 Å². The van der Waals surface area contributed by atoms with E-state index >= 15 is 0 Å². The van der Waals surface area contributed by atoms with Crippen LogP contribution in [0.4, 0.5) is 0 Å². The molecule has 0 aliphatic heterocycles. The number of nitrogens with one attached hydrogen (secondary N) is 1. The maximum absolute atomic E-state index is 11.6. The molecule has 6 heteroatoms. The molecule has 1 N–H and O–H groups in total. The van der Waals surface area contributed by atoms with Gasteiger partial charge in [-0.05, 0) is 51.8 Å². The van der Waals surface area contributed by atoms with Gasteiger partial charge in [0.25, 0.3) is 5.91 Å². The predicted molar refractivity (Wildman–Crippen MR) is 99.6 cm³/mol. The lowest BCUT2D eigenvalue weighted by Crippen LogP contribution is -2.24. The zero-order chi connectivity index (χ0) is 16.5. The monoisotopic (exact) mass is 436 g/mol. The van der Waals surface area contributed by atoms with Crippen molar-refractivity contribution in [3.8, 4) is 5.75 Å². The van der Waals surface area contributed by atoms with E-state index in [1.807, 2.05) is 48.5 Å². The summed E-state index contributed by atoms with van der Waals surface area (Å²) in [5.74, 6) is 0.293. The second-order valence-electron chi connectivity index (χ2n) is 4.48. The molecule has 0 saturated carbocycles. The van der Waals surface area contributed by atoms with Crippen molar-refractivity contribution in [2.45, 2.75) is 0 Å². The van der Waals surface area contributed by atoms with E-state index in [0.29, 0.717) is 5.75 Å². The van der Waals surface area contributed by atoms with E-state index in [1.165, 1.54) is 6.21 Å². The summed E-state index contributed by atoms with van der Waals surface area (Å²) in [6.07, 6.45) is 3.42. The highest BCUT2D eigenvalue weighted by Crippen LogP contribution is 2.15. The van der Waals surface area contributed by atoms with Gasteiger partial charge < -0.3 is 4.74 Å². The van der Waals surface area contributed by atoms with E-state index in [2.05, 4.69) is 42.4 Å². The van der Waals surface area contributed by atoms with Gasteiger partial charge in [0.15, 0.2) is 6.61 Å². The van der Waals surface area contributed by atoms with Crippen molar-refractivity contribution >= 4 is 50.1 Å². The van der Waals surface area contributed by atoms with Crippen molar-refractivity contribution in [3.05, 3.63) is 69.1 Å². The Morgan fingerprint density at radius 2 is 1.83 bits per heavy atom. The van der Waals surface area contributed by atoms with Crippen LogP contribution in [-0.2, 0) is 4.79 Å². The Morgan fingerprint density at radius 3 is 2.52 bits per heavy atom. The number of rotatable bonds is 6. The van der Waals surface area contributed by atoms with Gasteiger partial charge in [0, 0.05) is 8.96 Å². The predicted octanol–water partition coefficient (Wildman–Crippen LogP) is 4.37. The summed E-state index contributed by atoms with van der Waals surface area (Å²) in [5, 5.41) is 3.87. The number of hydrazone groups is 1. The minimum absolute atomic E-state index is 0.0982. The Labute approximate surface area is 151 Å². The molecule has 0 aromatic heterocycles. The normalized spacial score (nSPS) is 11.5. The summed E-state index contributed by atoms with van der Waals surface area (Å²) < 4.78 is 7.04. The van der Waals surface area contributed by atoms with Crippen molar-refractivity contribution in [3.63, 3.8) is 0 Å². The Bertz CT molecular complexity index is 698. The molecule has 0 unspecified atom stereocenters. The maximum atomic E-state index is 11.6. The average molecular weight is 438 g/mol. The number of hydrogen-bond donors (Lipinski definition) is 1. The van der Waals surface area contributed by atoms with Crippen molar-refractivity contribution < 1.29 is 9.53 Å². The molecule has 0 radical (unpaired) electrons. The van der Waals surface area contributed by atoms with Crippen LogP contribution < -0.4 is 10.2 Å². The molecular weight excluding hydrogens is 424 g/mol. The van der Waals surface area contributed by atoms with E-state index in [9.17, 15) is 4.79 Å². The molecule has 1 amide bonds. The summed E-state index contributed by atoms with van der Waals surface area (Å²) in [7, 11) is 0. The van der Waals surface area contributed by atoms with E-state index in [1.54, 1.807) is 12.1 Å². The van der Waals surface area contributed by atoms with Gasteiger partial charge in [-0.1, -0.05) is 46.3 Å². The second-order valence-corrected chi connectivity index (χ2v) is 6.31. The smallest absolute Gasteiger partial charge is 0.277 e. The van der Waals surface area contributed by atoms with Gasteiger partial charge >= 0.3 is 0 Å². The molecule has 118 valence electrons. The van der Waals surface area contributed by atoms with Crippen LogP contribution in [0.2, 0.25) is 0 Å². The molecule has 0 atom stereocenters. The number of benzene rings is 2. The minimum Gasteiger partial charge on any atom is -0.484 e. The number of allylic oxidation sites excluding steroid dienone is 1. The molecular formula is C17H14Br2N2O2. The Hall–Kier alpha value is -1.92. The van der Waals surface area contributed by atoms with E-state index in [-0.39, 0.29) is 12.5 Å². The highest BCUT2D eigenvalue weighted by atomic mass is 79.9. The lowest BCUT2D eigenvalue weighted by atomic mass is 10.2. The fourth-order valence-corrected chi connectivity index (χ4v) is 2.25. The fourth-order valence-electron chi connectivity index (χ4n) is 1.62. The first-order chi connectivity index (χ1) is 11.1. The van der Waals surface area contributed by atoms with Gasteiger partial charge in [-0.3, -0.25) is 4.79 Å². The first-order valence-corrected chi connectivity index (χ1v) is 8.34. The standard InChI is InChI=1S/C17H14Br2N2O2/c18-14-6-8-16(9-7-14)23-12-17(22)21-20-11-15(19)10-13-4-2-1-3-5-13/h1-11H,12H2,(H,21,22). The topological polar surface area (TPSA) is 50.7 Å². The number of amides is 1. The molecule has 2 aromatic rings. The molecule has 4 nitrogen and oxygen atoms in total. The van der Waals surface area contributed by atoms with Crippen molar-refractivity contribution in [2.24, 2.45) is 5.10 Å². The van der Waals surface area contributed by atoms with Crippen molar-refractivity contribution in [2.75, 3.05) is 6.61 Å². The van der Waals surface area contributed by atoms with E-state index in [4.69, 9.17) is 4.74 Å². The van der Waals surface area contributed by atoms with E-state index < -0.39 is 0 Å². The fraction of sp³-hybridized carbons (Fsp3) is 0.0588. The van der Waals surface area contributed by atoms with Crippen LogP contribution in [0.5, 0.6) is 5.75 Å². The third-order valence-electron chi connectivity index (χ3n) is 2.66. The van der Waals surface area contributed by atoms with Gasteiger partial charge in [0.05, 0.1) is 6.21 Å². The van der Waals surface area contributed by atoms with Gasteiger partial charge in [-0.25, -0.2) is 5.43 Å². The quantitative estimate of drug-likeness (QED) is 0.539. The average Bonchev–Trinajstić information content (AvgIpc) is 2.55. The van der Waals surface area contributed by atoms with Crippen LogP contribution >= 0.6 is 31.9 Å². The van der Waals surface area contributed by atoms with Gasteiger partial charge in [0.1, 0.15) is 5.75 Å². The lowest BCUT2D eigenvalue weighted by Gasteiger charge is -2.04. The first-order valence-electron chi connectivity index (χ1n) is 6.76. The molecule has 0 aliphatic carbocycles. The molecule has 0 spiro atoms. The van der Waals surface area contributed by atoms with E-state index in [0.717, 1.165) is 14.5 Å². The van der Waals surface area contributed by atoms with Crippen molar-refractivity contribution in [1.29, 1.82) is 0 Å². The number of nitrogens with zero attached hydrogens (tertiary/aromatic N) is 1. The highest BCUT2D eigenvalue weighted by molar-refractivity contribution is 9.12. The van der Waals surface area contributed by atoms with Crippen molar-refractivity contribution in [1.82, 2.24) is 5.43 Å². The largest absolute Gasteiger partial charge is 0.484 e. The summed E-state index contributed by atoms with van der Waals surface area (Å²) in [6, 6.07) is 17.0. The third kappa shape index (κ3) is 6.80. The lowest BCUT2D eigenvalue weighted by molar-refractivity contribution is -0.123. The molecule has 2 aromatic carbocycles. The number of halogens is 2. The highest BCUT2D eigenvalue weighted by Gasteiger charge is 2.01. The maximum Gasteiger partial charge on any atom is 0.277 e. The van der Waals surface area contributed by atoms with Crippen LogP contribution in [0.25, 0.3) is 6.08 Å². The van der Waals surface area contributed by atoms with Crippen LogP contribution in [0, 0.1) is 0 Å². The zero-order valence-corrected chi connectivity index (χ0v) is 15.2. The Morgan fingerprint density at radius 1 is 1.13 bits per heavy atom.